The molecule has 2 atom stereocenters. The highest BCUT2D eigenvalue weighted by molar-refractivity contribution is 5.76. The molecule has 1 aromatic rings. The molecule has 0 aliphatic carbocycles. The maximum atomic E-state index is 11.3. The number of carbonyl (C=O) groups excluding carboxylic acids is 1. The number of hydrogen-bond donors (Lipinski definition) is 2. The van der Waals surface area contributed by atoms with E-state index in [-0.39, 0.29) is 17.8 Å². The van der Waals surface area contributed by atoms with Gasteiger partial charge < -0.3 is 15.2 Å². The Hall–Kier alpha value is -1.55. The molecule has 1 saturated heterocycles. The van der Waals surface area contributed by atoms with Crippen molar-refractivity contribution in [3.8, 4) is 5.75 Å². The molecule has 92 valence electrons. The average molecular weight is 235 g/mol. The van der Waals surface area contributed by atoms with E-state index in [2.05, 4.69) is 5.32 Å². The standard InChI is InChI=1S/C13H17NO3/c1-17-13(16)12-7-10(8-14-12)5-9-3-2-4-11(15)6-9/h2-4,6,10,12,14-15H,5,7-8H2,1H3. The fourth-order valence-corrected chi connectivity index (χ4v) is 2.30. The molecule has 1 aliphatic rings. The topological polar surface area (TPSA) is 58.6 Å². The minimum Gasteiger partial charge on any atom is -0.508 e. The van der Waals surface area contributed by atoms with Gasteiger partial charge in [-0.2, -0.15) is 0 Å². The summed E-state index contributed by atoms with van der Waals surface area (Å²) in [5.74, 6) is 0.516. The largest absolute Gasteiger partial charge is 0.508 e. The highest BCUT2D eigenvalue weighted by Gasteiger charge is 2.29. The minimum atomic E-state index is -0.191. The second-order valence-corrected chi connectivity index (χ2v) is 4.46. The minimum absolute atomic E-state index is 0.178. The van der Waals surface area contributed by atoms with Crippen molar-refractivity contribution in [3.05, 3.63) is 29.8 Å². The third-order valence-corrected chi connectivity index (χ3v) is 3.14. The molecule has 2 N–H and O–H groups in total. The highest BCUT2D eigenvalue weighted by atomic mass is 16.5. The van der Waals surface area contributed by atoms with Crippen molar-refractivity contribution in [2.45, 2.75) is 18.9 Å². The van der Waals surface area contributed by atoms with Gasteiger partial charge in [0.05, 0.1) is 7.11 Å². The van der Waals surface area contributed by atoms with Crippen molar-refractivity contribution in [2.24, 2.45) is 5.92 Å². The van der Waals surface area contributed by atoms with Crippen LogP contribution in [-0.2, 0) is 16.0 Å². The van der Waals surface area contributed by atoms with E-state index in [0.717, 1.165) is 24.9 Å². The lowest BCUT2D eigenvalue weighted by molar-refractivity contribution is -0.142. The fraction of sp³-hybridized carbons (Fsp3) is 0.462. The van der Waals surface area contributed by atoms with E-state index in [4.69, 9.17) is 4.74 Å². The molecule has 1 aliphatic heterocycles. The van der Waals surface area contributed by atoms with Crippen LogP contribution in [0.3, 0.4) is 0 Å². The fourth-order valence-electron chi connectivity index (χ4n) is 2.30. The molecule has 4 nitrogen and oxygen atoms in total. The average Bonchev–Trinajstić information content (AvgIpc) is 2.76. The Labute approximate surface area is 101 Å². The van der Waals surface area contributed by atoms with Gasteiger partial charge in [-0.25, -0.2) is 0 Å². The van der Waals surface area contributed by atoms with E-state index >= 15 is 0 Å². The van der Waals surface area contributed by atoms with Gasteiger partial charge in [0.15, 0.2) is 0 Å². The summed E-state index contributed by atoms with van der Waals surface area (Å²) in [5, 5.41) is 12.5. The first-order valence-corrected chi connectivity index (χ1v) is 5.78. The van der Waals surface area contributed by atoms with Crippen molar-refractivity contribution in [2.75, 3.05) is 13.7 Å². The number of phenols is 1. The third kappa shape index (κ3) is 2.97. The smallest absolute Gasteiger partial charge is 0.322 e. The maximum absolute atomic E-state index is 11.3. The SMILES string of the molecule is COC(=O)C1CC(Cc2cccc(O)c2)CN1. The molecule has 0 amide bonds. The van der Waals surface area contributed by atoms with Gasteiger partial charge in [0.1, 0.15) is 11.8 Å². The van der Waals surface area contributed by atoms with Crippen molar-refractivity contribution in [3.63, 3.8) is 0 Å². The summed E-state index contributed by atoms with van der Waals surface area (Å²) >= 11 is 0. The molecule has 0 aromatic heterocycles. The molecule has 0 bridgehead atoms. The monoisotopic (exact) mass is 235 g/mol. The first kappa shape index (κ1) is 11.9. The second-order valence-electron chi connectivity index (χ2n) is 4.46. The molecule has 0 radical (unpaired) electrons. The van der Waals surface area contributed by atoms with Crippen LogP contribution < -0.4 is 5.32 Å². The van der Waals surface area contributed by atoms with E-state index in [0.29, 0.717) is 5.92 Å². The molecule has 1 fully saturated rings. The van der Waals surface area contributed by atoms with Crippen LogP contribution in [0.5, 0.6) is 5.75 Å². The van der Waals surface area contributed by atoms with Crippen molar-refractivity contribution >= 4 is 5.97 Å². The van der Waals surface area contributed by atoms with Gasteiger partial charge in [0.2, 0.25) is 0 Å². The zero-order valence-corrected chi connectivity index (χ0v) is 9.85. The second kappa shape index (κ2) is 5.19. The molecular weight excluding hydrogens is 218 g/mol. The number of ether oxygens (including phenoxy) is 1. The van der Waals surface area contributed by atoms with Crippen LogP contribution in [0.15, 0.2) is 24.3 Å². The van der Waals surface area contributed by atoms with Crippen LogP contribution in [0.1, 0.15) is 12.0 Å². The highest BCUT2D eigenvalue weighted by Crippen LogP contribution is 2.21. The first-order chi connectivity index (χ1) is 8.19. The lowest BCUT2D eigenvalue weighted by Gasteiger charge is -2.09. The zero-order chi connectivity index (χ0) is 12.3. The lowest BCUT2D eigenvalue weighted by Crippen LogP contribution is -2.31. The number of esters is 1. The molecule has 0 saturated carbocycles. The number of methoxy groups -OCH3 is 1. The Morgan fingerprint density at radius 1 is 1.59 bits per heavy atom. The van der Waals surface area contributed by atoms with Crippen LogP contribution >= 0.6 is 0 Å². The van der Waals surface area contributed by atoms with Gasteiger partial charge in [-0.05, 0) is 43.0 Å². The summed E-state index contributed by atoms with van der Waals surface area (Å²) in [5.41, 5.74) is 1.10. The predicted molar refractivity (Wildman–Crippen MR) is 63.7 cm³/mol. The zero-order valence-electron chi connectivity index (χ0n) is 9.85. The maximum Gasteiger partial charge on any atom is 0.322 e. The normalized spacial score (nSPS) is 23.6. The Morgan fingerprint density at radius 2 is 2.41 bits per heavy atom. The Morgan fingerprint density at radius 3 is 3.12 bits per heavy atom. The molecule has 17 heavy (non-hydrogen) atoms. The number of nitrogens with one attached hydrogen (secondary N) is 1. The van der Waals surface area contributed by atoms with E-state index < -0.39 is 0 Å². The lowest BCUT2D eigenvalue weighted by atomic mass is 9.96. The van der Waals surface area contributed by atoms with Gasteiger partial charge in [-0.3, -0.25) is 4.79 Å². The van der Waals surface area contributed by atoms with Crippen LogP contribution in [-0.4, -0.2) is 30.8 Å². The summed E-state index contributed by atoms with van der Waals surface area (Å²) < 4.78 is 4.71. The van der Waals surface area contributed by atoms with Gasteiger partial charge in [-0.1, -0.05) is 12.1 Å². The van der Waals surface area contributed by atoms with Crippen molar-refractivity contribution < 1.29 is 14.6 Å². The summed E-state index contributed by atoms with van der Waals surface area (Å²) in [6.07, 6.45) is 1.66. The summed E-state index contributed by atoms with van der Waals surface area (Å²) in [7, 11) is 1.41. The van der Waals surface area contributed by atoms with Gasteiger partial charge in [-0.15, -0.1) is 0 Å². The Balaban J connectivity index is 1.92. The van der Waals surface area contributed by atoms with Crippen molar-refractivity contribution in [1.82, 2.24) is 5.32 Å². The molecule has 4 heteroatoms. The number of carbonyl (C=O) groups is 1. The van der Waals surface area contributed by atoms with Crippen LogP contribution in [0, 0.1) is 5.92 Å². The summed E-state index contributed by atoms with van der Waals surface area (Å²) in [4.78, 5) is 11.3. The van der Waals surface area contributed by atoms with Crippen LogP contribution in [0.2, 0.25) is 0 Å². The van der Waals surface area contributed by atoms with Crippen LogP contribution in [0.4, 0.5) is 0 Å². The quantitative estimate of drug-likeness (QED) is 0.770. The molecule has 2 unspecified atom stereocenters. The number of rotatable bonds is 3. The molecule has 1 heterocycles. The van der Waals surface area contributed by atoms with Gasteiger partial charge >= 0.3 is 5.97 Å². The molecule has 1 aromatic carbocycles. The predicted octanol–water partition coefficient (Wildman–Crippen LogP) is 1.09. The van der Waals surface area contributed by atoms with E-state index in [9.17, 15) is 9.90 Å². The number of aromatic hydroxyl groups is 1. The van der Waals surface area contributed by atoms with Crippen molar-refractivity contribution in [1.29, 1.82) is 0 Å². The summed E-state index contributed by atoms with van der Waals surface area (Å²) in [6, 6.07) is 7.08. The molecular formula is C13H17NO3. The molecule has 0 spiro atoms. The van der Waals surface area contributed by atoms with E-state index in [1.54, 1.807) is 12.1 Å². The van der Waals surface area contributed by atoms with Crippen LogP contribution in [0.25, 0.3) is 0 Å². The number of hydrogen-bond acceptors (Lipinski definition) is 4. The van der Waals surface area contributed by atoms with Gasteiger partial charge in [0, 0.05) is 0 Å². The number of phenolic OH excluding ortho intramolecular Hbond substituents is 1. The van der Waals surface area contributed by atoms with E-state index in [1.807, 2.05) is 12.1 Å². The molecule has 2 rings (SSSR count). The number of benzene rings is 1. The third-order valence-electron chi connectivity index (χ3n) is 3.14. The van der Waals surface area contributed by atoms with Gasteiger partial charge in [0.25, 0.3) is 0 Å². The Kier molecular flexibility index (Phi) is 3.64. The summed E-state index contributed by atoms with van der Waals surface area (Å²) in [6.45, 7) is 0.815. The first-order valence-electron chi connectivity index (χ1n) is 5.78. The Bertz CT molecular complexity index is 405. The van der Waals surface area contributed by atoms with E-state index in [1.165, 1.54) is 7.11 Å².